The minimum Gasteiger partial charge on any atom is -0.378 e. The molecular weight excluding hydrogens is 585 g/mol. The number of thiophene rings is 1. The van der Waals surface area contributed by atoms with Crippen molar-refractivity contribution in [3.05, 3.63) is 45.4 Å². The maximum atomic E-state index is 13.8. The van der Waals surface area contributed by atoms with Gasteiger partial charge in [-0.15, -0.1) is 29.1 Å². The molecule has 0 saturated carbocycles. The minimum atomic E-state index is -3.87. The van der Waals surface area contributed by atoms with E-state index in [9.17, 15) is 18.0 Å². The summed E-state index contributed by atoms with van der Waals surface area (Å²) in [5, 5.41) is 2.84. The van der Waals surface area contributed by atoms with Gasteiger partial charge in [-0.1, -0.05) is 12.0 Å². The fourth-order valence-corrected chi connectivity index (χ4v) is 9.56. The average molecular weight is 615 g/mol. The number of morpholine rings is 1. The number of benzene rings is 1. The second-order valence-corrected chi connectivity index (χ2v) is 14.6. The highest BCUT2D eigenvalue weighted by molar-refractivity contribution is 7.91. The number of fused-ring (bicyclic) bond motifs is 2. The zero-order chi connectivity index (χ0) is 28.7. The van der Waals surface area contributed by atoms with Gasteiger partial charge in [0.15, 0.2) is 5.01 Å². The molecule has 0 spiro atoms. The van der Waals surface area contributed by atoms with Gasteiger partial charge in [0.25, 0.3) is 15.9 Å². The van der Waals surface area contributed by atoms with Crippen LogP contribution in [0, 0.1) is 12.3 Å². The predicted molar refractivity (Wildman–Crippen MR) is 156 cm³/mol. The van der Waals surface area contributed by atoms with Crippen molar-refractivity contribution < 1.29 is 22.7 Å². The number of rotatable bonds is 5. The number of hydrogen-bond donors (Lipinski definition) is 1. The summed E-state index contributed by atoms with van der Waals surface area (Å²) in [6.07, 6.45) is 6.20. The van der Waals surface area contributed by atoms with Gasteiger partial charge >= 0.3 is 0 Å². The largest absolute Gasteiger partial charge is 0.378 e. The molecule has 2 aromatic heterocycles. The molecule has 2 saturated heterocycles. The van der Waals surface area contributed by atoms with E-state index < -0.39 is 16.1 Å². The van der Waals surface area contributed by atoms with Gasteiger partial charge in [0.2, 0.25) is 5.91 Å². The zero-order valence-corrected chi connectivity index (χ0v) is 24.8. The Bertz CT molecular complexity index is 1640. The van der Waals surface area contributed by atoms with Gasteiger partial charge in [-0.3, -0.25) is 15.4 Å². The Kier molecular flexibility index (Phi) is 7.86. The van der Waals surface area contributed by atoms with Crippen LogP contribution in [0.15, 0.2) is 28.5 Å². The average Bonchev–Trinajstić information content (AvgIpc) is 3.61. The smallest absolute Gasteiger partial charge is 0.283 e. The van der Waals surface area contributed by atoms with E-state index in [1.54, 1.807) is 33.0 Å². The summed E-state index contributed by atoms with van der Waals surface area (Å²) >= 11 is 2.49. The molecular formula is C27H30N6O5S3. The Morgan fingerprint density at radius 2 is 1.93 bits per heavy atom. The molecule has 2 N–H and O–H groups in total. The van der Waals surface area contributed by atoms with Crippen LogP contribution in [0.5, 0.6) is 0 Å². The van der Waals surface area contributed by atoms with Crippen LogP contribution < -0.4 is 5.84 Å². The van der Waals surface area contributed by atoms with E-state index in [2.05, 4.69) is 10.9 Å². The summed E-state index contributed by atoms with van der Waals surface area (Å²) in [6, 6.07) is 6.41. The van der Waals surface area contributed by atoms with E-state index in [0.717, 1.165) is 20.7 Å². The molecule has 3 aromatic rings. The molecule has 2 amide bonds. The number of carbonyl (C=O) groups is 2. The van der Waals surface area contributed by atoms with Gasteiger partial charge in [-0.25, -0.2) is 18.4 Å². The number of nitrogens with two attached hydrogens (primary N) is 1. The fraction of sp³-hybridized carbons (Fsp3) is 0.444. The standard InChI is InChI=1S/C27H30N6O5S3/c1-2-18-3-4-19-14-25(39-22(19)13-18)41(36,37)32-7-8-33(20(16-32)15-24(34)30-9-11-38-12-10-30)27(35)26-29-21-5-6-31(28)17-23(21)40-26/h1,3-4,13-14,20H,5-12,15-17,28H2. The number of piperazine rings is 1. The summed E-state index contributed by atoms with van der Waals surface area (Å²) in [5.41, 5.74) is 1.56. The molecule has 6 rings (SSSR count). The lowest BCUT2D eigenvalue weighted by molar-refractivity contribution is -0.136. The van der Waals surface area contributed by atoms with Crippen LogP contribution in [0.2, 0.25) is 0 Å². The number of ether oxygens (including phenoxy) is 1. The van der Waals surface area contributed by atoms with Gasteiger partial charge in [-0.05, 0) is 23.6 Å². The van der Waals surface area contributed by atoms with Crippen LogP contribution in [-0.2, 0) is 32.5 Å². The Morgan fingerprint density at radius 1 is 1.12 bits per heavy atom. The Hall–Kier alpha value is -2.90. The van der Waals surface area contributed by atoms with Crippen molar-refractivity contribution in [2.75, 3.05) is 52.5 Å². The van der Waals surface area contributed by atoms with Crippen molar-refractivity contribution in [1.29, 1.82) is 0 Å². The maximum absolute atomic E-state index is 13.8. The van der Waals surface area contributed by atoms with Gasteiger partial charge in [-0.2, -0.15) is 4.31 Å². The molecule has 3 aliphatic rings. The van der Waals surface area contributed by atoms with Crippen LogP contribution >= 0.6 is 22.7 Å². The first kappa shape index (κ1) is 28.2. The number of hydrazine groups is 1. The number of terminal acetylenes is 1. The highest BCUT2D eigenvalue weighted by Gasteiger charge is 2.40. The van der Waals surface area contributed by atoms with Crippen molar-refractivity contribution in [1.82, 2.24) is 24.1 Å². The summed E-state index contributed by atoms with van der Waals surface area (Å²) in [5.74, 6) is 8.13. The van der Waals surface area contributed by atoms with Crippen LogP contribution in [0.4, 0.5) is 0 Å². The number of hydrogen-bond acceptors (Lipinski definition) is 10. The number of nitrogens with zero attached hydrogens (tertiary/aromatic N) is 5. The lowest BCUT2D eigenvalue weighted by atomic mass is 10.1. The molecule has 3 aliphatic heterocycles. The molecule has 1 aromatic carbocycles. The van der Waals surface area contributed by atoms with Gasteiger partial charge in [0.1, 0.15) is 4.21 Å². The molecule has 0 bridgehead atoms. The molecule has 14 heteroatoms. The van der Waals surface area contributed by atoms with Gasteiger partial charge < -0.3 is 14.5 Å². The Morgan fingerprint density at radius 3 is 2.71 bits per heavy atom. The number of amides is 2. The number of carbonyl (C=O) groups excluding carboxylic acids is 2. The van der Waals surface area contributed by atoms with Crippen LogP contribution in [-0.4, -0.2) is 103 Å². The minimum absolute atomic E-state index is 0.00959. The highest BCUT2D eigenvalue weighted by atomic mass is 32.2. The maximum Gasteiger partial charge on any atom is 0.283 e. The molecule has 0 radical (unpaired) electrons. The SMILES string of the molecule is C#Cc1ccc2cc(S(=O)(=O)N3CCN(C(=O)c4nc5c(s4)CN(N)CC5)C(CC(=O)N4CCOCC4)C3)sc2c1. The normalized spacial score (nSPS) is 20.6. The molecule has 216 valence electrons. The van der Waals surface area contributed by atoms with E-state index in [4.69, 9.17) is 17.0 Å². The first-order valence-corrected chi connectivity index (χ1v) is 16.5. The zero-order valence-electron chi connectivity index (χ0n) is 22.3. The number of sulfonamides is 1. The van der Waals surface area contributed by atoms with Crippen molar-refractivity contribution in [3.63, 3.8) is 0 Å². The molecule has 1 atom stereocenters. The van der Waals surface area contributed by atoms with Crippen molar-refractivity contribution >= 4 is 54.6 Å². The molecule has 2 fully saturated rings. The quantitative estimate of drug-likeness (QED) is 0.337. The number of aromatic nitrogens is 1. The topological polar surface area (TPSA) is 129 Å². The first-order valence-electron chi connectivity index (χ1n) is 13.4. The van der Waals surface area contributed by atoms with E-state index in [1.165, 1.54) is 27.0 Å². The fourth-order valence-electron chi connectivity index (χ4n) is 5.41. The lowest BCUT2D eigenvalue weighted by Crippen LogP contribution is -2.58. The first-order chi connectivity index (χ1) is 19.7. The second kappa shape index (κ2) is 11.4. The molecule has 11 nitrogen and oxygen atoms in total. The molecule has 1 unspecified atom stereocenters. The van der Waals surface area contributed by atoms with E-state index in [1.807, 2.05) is 6.07 Å². The third-order valence-corrected chi connectivity index (χ3v) is 12.2. The molecule has 0 aliphatic carbocycles. The van der Waals surface area contributed by atoms with Crippen LogP contribution in [0.3, 0.4) is 0 Å². The van der Waals surface area contributed by atoms with Gasteiger partial charge in [0, 0.05) is 73.8 Å². The van der Waals surface area contributed by atoms with Gasteiger partial charge in [0.05, 0.1) is 24.9 Å². The third kappa shape index (κ3) is 5.63. The summed E-state index contributed by atoms with van der Waals surface area (Å²) in [7, 11) is -3.87. The monoisotopic (exact) mass is 614 g/mol. The van der Waals surface area contributed by atoms with Crippen LogP contribution in [0.1, 0.15) is 32.4 Å². The predicted octanol–water partition coefficient (Wildman–Crippen LogP) is 1.34. The van der Waals surface area contributed by atoms with Crippen LogP contribution in [0.25, 0.3) is 10.1 Å². The molecule has 5 heterocycles. The Labute approximate surface area is 246 Å². The van der Waals surface area contributed by atoms with Crippen molar-refractivity contribution in [2.24, 2.45) is 5.84 Å². The summed E-state index contributed by atoms with van der Waals surface area (Å²) < 4.78 is 35.4. The lowest BCUT2D eigenvalue weighted by Gasteiger charge is -2.41. The van der Waals surface area contributed by atoms with E-state index in [0.29, 0.717) is 56.4 Å². The van der Waals surface area contributed by atoms with E-state index in [-0.39, 0.29) is 42.1 Å². The highest BCUT2D eigenvalue weighted by Crippen LogP contribution is 2.33. The number of thiazole rings is 1. The summed E-state index contributed by atoms with van der Waals surface area (Å²) in [6.45, 7) is 3.32. The van der Waals surface area contributed by atoms with Crippen molar-refractivity contribution in [3.8, 4) is 12.3 Å². The molecule has 41 heavy (non-hydrogen) atoms. The van der Waals surface area contributed by atoms with Crippen molar-refractivity contribution in [2.45, 2.75) is 29.6 Å². The Balaban J connectivity index is 1.27. The summed E-state index contributed by atoms with van der Waals surface area (Å²) in [4.78, 5) is 36.0. The third-order valence-electron chi connectivity index (χ3n) is 7.68. The van der Waals surface area contributed by atoms with E-state index >= 15 is 0 Å². The second-order valence-electron chi connectivity index (χ2n) is 10.3.